The Labute approximate surface area is 224 Å². The molecule has 0 atom stereocenters. The highest BCUT2D eigenvalue weighted by molar-refractivity contribution is 7.22. The van der Waals surface area contributed by atoms with Crippen LogP contribution >= 0.6 is 11.3 Å². The van der Waals surface area contributed by atoms with Gasteiger partial charge >= 0.3 is 0 Å². The Morgan fingerprint density at radius 1 is 0.789 bits per heavy atom. The van der Waals surface area contributed by atoms with Crippen LogP contribution in [0.4, 0.5) is 4.39 Å². The van der Waals surface area contributed by atoms with Crippen molar-refractivity contribution in [3.05, 3.63) is 120 Å². The van der Waals surface area contributed by atoms with E-state index >= 15 is 0 Å². The van der Waals surface area contributed by atoms with Gasteiger partial charge in [0.15, 0.2) is 0 Å². The molecule has 1 aromatic heterocycles. The van der Waals surface area contributed by atoms with Gasteiger partial charge < -0.3 is 10.6 Å². The molecule has 6 heteroatoms. The first-order chi connectivity index (χ1) is 18.5. The van der Waals surface area contributed by atoms with E-state index in [9.17, 15) is 14.0 Å². The van der Waals surface area contributed by atoms with Gasteiger partial charge in [0.2, 0.25) is 0 Å². The number of hydrogen-bond donors (Lipinski definition) is 2. The van der Waals surface area contributed by atoms with Crippen molar-refractivity contribution in [3.8, 4) is 21.6 Å². The van der Waals surface area contributed by atoms with Gasteiger partial charge in [-0.15, -0.1) is 11.3 Å². The summed E-state index contributed by atoms with van der Waals surface area (Å²) in [5, 5.41) is 6.82. The first-order valence-corrected chi connectivity index (χ1v) is 13.3. The maximum absolute atomic E-state index is 13.5. The standard InChI is InChI=1S/C32H25FN2O2S/c1-34-31(37)28-26-19-22(12-15-27(26)38-29(28)20-10-13-25(33)14-11-20)21-6-5-7-23(18-21)30(36)35-32(16-17-32)24-8-3-2-4-9-24/h2-15,18-19H,16-17H2,1H3,(H,34,37)(H,35,36). The number of fused-ring (bicyclic) bond motifs is 1. The zero-order valence-corrected chi connectivity index (χ0v) is 21.6. The van der Waals surface area contributed by atoms with Crippen LogP contribution in [0.15, 0.2) is 97.1 Å². The summed E-state index contributed by atoms with van der Waals surface area (Å²) in [6, 6.07) is 29.8. The minimum atomic E-state index is -0.320. The van der Waals surface area contributed by atoms with Crippen molar-refractivity contribution in [2.45, 2.75) is 18.4 Å². The third kappa shape index (κ3) is 4.37. The minimum Gasteiger partial charge on any atom is -0.355 e. The lowest BCUT2D eigenvalue weighted by atomic mass is 9.98. The Bertz CT molecular complexity index is 1670. The summed E-state index contributed by atoms with van der Waals surface area (Å²) in [6.45, 7) is 0. The summed E-state index contributed by atoms with van der Waals surface area (Å²) < 4.78 is 14.5. The Morgan fingerprint density at radius 3 is 2.21 bits per heavy atom. The zero-order chi connectivity index (χ0) is 26.3. The Kier molecular flexibility index (Phi) is 6.04. The summed E-state index contributed by atoms with van der Waals surface area (Å²) in [7, 11) is 1.61. The average Bonchev–Trinajstić information content (AvgIpc) is 3.64. The number of carbonyl (C=O) groups excluding carboxylic acids is 2. The van der Waals surface area contributed by atoms with Crippen molar-refractivity contribution in [1.29, 1.82) is 0 Å². The third-order valence-electron chi connectivity index (χ3n) is 7.14. The number of halogens is 1. The van der Waals surface area contributed by atoms with Crippen molar-refractivity contribution in [2.75, 3.05) is 7.05 Å². The van der Waals surface area contributed by atoms with Gasteiger partial charge in [-0.3, -0.25) is 9.59 Å². The van der Waals surface area contributed by atoms with E-state index in [0.29, 0.717) is 11.1 Å². The molecule has 2 N–H and O–H groups in total. The summed E-state index contributed by atoms with van der Waals surface area (Å²) in [4.78, 5) is 27.0. The number of amides is 2. The molecule has 38 heavy (non-hydrogen) atoms. The number of benzene rings is 4. The maximum atomic E-state index is 13.5. The van der Waals surface area contributed by atoms with E-state index in [1.165, 1.54) is 23.5 Å². The fourth-order valence-electron chi connectivity index (χ4n) is 4.93. The number of thiophene rings is 1. The Balaban J connectivity index is 1.35. The van der Waals surface area contributed by atoms with Gasteiger partial charge in [-0.25, -0.2) is 4.39 Å². The third-order valence-corrected chi connectivity index (χ3v) is 8.36. The molecule has 0 radical (unpaired) electrons. The zero-order valence-electron chi connectivity index (χ0n) is 20.8. The van der Waals surface area contributed by atoms with Crippen molar-refractivity contribution in [2.24, 2.45) is 0 Å². The van der Waals surface area contributed by atoms with Crippen molar-refractivity contribution >= 4 is 33.2 Å². The van der Waals surface area contributed by atoms with Gasteiger partial charge in [-0.2, -0.15) is 0 Å². The fraction of sp³-hybridized carbons (Fsp3) is 0.125. The van der Waals surface area contributed by atoms with Gasteiger partial charge in [0.25, 0.3) is 11.8 Å². The second-order valence-corrected chi connectivity index (χ2v) is 10.6. The predicted molar refractivity (Wildman–Crippen MR) is 151 cm³/mol. The molecule has 1 aliphatic carbocycles. The summed E-state index contributed by atoms with van der Waals surface area (Å²) >= 11 is 1.50. The van der Waals surface area contributed by atoms with Crippen LogP contribution in [-0.4, -0.2) is 18.9 Å². The van der Waals surface area contributed by atoms with Gasteiger partial charge in [0, 0.05) is 27.6 Å². The molecule has 2 amide bonds. The predicted octanol–water partition coefficient (Wildman–Crippen LogP) is 7.15. The largest absolute Gasteiger partial charge is 0.355 e. The first-order valence-electron chi connectivity index (χ1n) is 12.5. The van der Waals surface area contributed by atoms with Gasteiger partial charge in [0.1, 0.15) is 5.82 Å². The fourth-order valence-corrected chi connectivity index (χ4v) is 6.12. The summed E-state index contributed by atoms with van der Waals surface area (Å²) in [5.41, 5.74) is 4.58. The lowest BCUT2D eigenvalue weighted by Gasteiger charge is -2.18. The average molecular weight is 521 g/mol. The van der Waals surface area contributed by atoms with Crippen LogP contribution in [0.2, 0.25) is 0 Å². The van der Waals surface area contributed by atoms with Crippen LogP contribution in [0, 0.1) is 5.82 Å². The minimum absolute atomic E-state index is 0.102. The molecule has 1 heterocycles. The van der Waals surface area contributed by atoms with E-state index < -0.39 is 0 Å². The van der Waals surface area contributed by atoms with Crippen LogP contribution in [0.5, 0.6) is 0 Å². The van der Waals surface area contributed by atoms with Gasteiger partial charge in [0.05, 0.1) is 11.1 Å². The second-order valence-electron chi connectivity index (χ2n) is 9.59. The molecule has 0 unspecified atom stereocenters. The highest BCUT2D eigenvalue weighted by Crippen LogP contribution is 2.45. The van der Waals surface area contributed by atoms with E-state index in [0.717, 1.165) is 50.1 Å². The van der Waals surface area contributed by atoms with Crippen molar-refractivity contribution < 1.29 is 14.0 Å². The maximum Gasteiger partial charge on any atom is 0.253 e. The molecule has 6 rings (SSSR count). The SMILES string of the molecule is CNC(=O)c1c(-c2ccc(F)cc2)sc2ccc(-c3cccc(C(=O)NC4(c5ccccc5)CC4)c3)cc12. The lowest BCUT2D eigenvalue weighted by molar-refractivity contribution is 0.0929. The number of carbonyl (C=O) groups is 2. The van der Waals surface area contributed by atoms with Crippen LogP contribution in [-0.2, 0) is 5.54 Å². The Hall–Kier alpha value is -4.29. The van der Waals surface area contributed by atoms with Gasteiger partial charge in [-0.1, -0.05) is 60.7 Å². The second kappa shape index (κ2) is 9.54. The van der Waals surface area contributed by atoms with Gasteiger partial charge in [-0.05, 0) is 71.5 Å². The molecule has 4 nitrogen and oxygen atoms in total. The highest BCUT2D eigenvalue weighted by Gasteiger charge is 2.45. The smallest absolute Gasteiger partial charge is 0.253 e. The van der Waals surface area contributed by atoms with E-state index in [1.807, 2.05) is 60.7 Å². The molecule has 188 valence electrons. The molecule has 1 saturated carbocycles. The lowest BCUT2D eigenvalue weighted by Crippen LogP contribution is -2.34. The summed E-state index contributed by atoms with van der Waals surface area (Å²) in [6.07, 6.45) is 1.85. The first kappa shape index (κ1) is 24.1. The molecule has 4 aromatic carbocycles. The van der Waals surface area contributed by atoms with E-state index in [2.05, 4.69) is 22.8 Å². The molecule has 0 aliphatic heterocycles. The monoisotopic (exact) mass is 520 g/mol. The number of nitrogens with one attached hydrogen (secondary N) is 2. The van der Waals surface area contributed by atoms with E-state index in [4.69, 9.17) is 0 Å². The normalized spacial score (nSPS) is 13.7. The molecule has 1 fully saturated rings. The molecule has 5 aromatic rings. The number of rotatable bonds is 6. The topological polar surface area (TPSA) is 58.2 Å². The molecular weight excluding hydrogens is 495 g/mol. The van der Waals surface area contributed by atoms with Crippen molar-refractivity contribution in [1.82, 2.24) is 10.6 Å². The molecule has 0 saturated heterocycles. The van der Waals surface area contributed by atoms with E-state index in [-0.39, 0.29) is 23.2 Å². The molecule has 0 spiro atoms. The quantitative estimate of drug-likeness (QED) is 0.250. The number of hydrogen-bond acceptors (Lipinski definition) is 3. The van der Waals surface area contributed by atoms with Crippen LogP contribution < -0.4 is 10.6 Å². The van der Waals surface area contributed by atoms with Crippen LogP contribution in [0.25, 0.3) is 31.7 Å². The van der Waals surface area contributed by atoms with Crippen LogP contribution in [0.1, 0.15) is 39.1 Å². The molecule has 0 bridgehead atoms. The molecule has 1 aliphatic rings. The highest BCUT2D eigenvalue weighted by atomic mass is 32.1. The van der Waals surface area contributed by atoms with E-state index in [1.54, 1.807) is 19.2 Å². The molecular formula is C32H25FN2O2S. The van der Waals surface area contributed by atoms with Crippen LogP contribution in [0.3, 0.4) is 0 Å². The Morgan fingerprint density at radius 2 is 1.50 bits per heavy atom. The summed E-state index contributed by atoms with van der Waals surface area (Å²) in [5.74, 6) is -0.620. The van der Waals surface area contributed by atoms with Crippen molar-refractivity contribution in [3.63, 3.8) is 0 Å².